The third-order valence-corrected chi connectivity index (χ3v) is 6.43. The van der Waals surface area contributed by atoms with Crippen LogP contribution in [0.15, 0.2) is 65.6 Å². The first kappa shape index (κ1) is 23.3. The summed E-state index contributed by atoms with van der Waals surface area (Å²) >= 11 is 1.46. The van der Waals surface area contributed by atoms with Crippen LogP contribution in [-0.2, 0) is 6.54 Å². The molecule has 0 bridgehead atoms. The number of thiophene rings is 1. The fraction of sp³-hybridized carbons (Fsp3) is 0.167. The van der Waals surface area contributed by atoms with Gasteiger partial charge in [-0.2, -0.15) is 9.78 Å². The van der Waals surface area contributed by atoms with Crippen LogP contribution in [0.4, 0.5) is 4.39 Å². The molecule has 0 radical (unpaired) electrons. The van der Waals surface area contributed by atoms with Gasteiger partial charge in [0.25, 0.3) is 11.5 Å². The Morgan fingerprint density at radius 3 is 2.79 bits per heavy atom. The molecule has 34 heavy (non-hydrogen) atoms. The number of aromatic hydroxyl groups is 1. The second kappa shape index (κ2) is 9.94. The van der Waals surface area contributed by atoms with Gasteiger partial charge in [0, 0.05) is 28.6 Å². The summed E-state index contributed by atoms with van der Waals surface area (Å²) in [7, 11) is 1.83. The van der Waals surface area contributed by atoms with Crippen LogP contribution in [0.1, 0.15) is 33.9 Å². The molecule has 0 saturated heterocycles. The van der Waals surface area contributed by atoms with Crippen LogP contribution in [0.2, 0.25) is 0 Å². The highest BCUT2D eigenvalue weighted by Crippen LogP contribution is 2.34. The lowest BCUT2D eigenvalue weighted by Crippen LogP contribution is -2.30. The van der Waals surface area contributed by atoms with Gasteiger partial charge in [-0.3, -0.25) is 9.59 Å². The van der Waals surface area contributed by atoms with Gasteiger partial charge >= 0.3 is 0 Å². The minimum Gasteiger partial charge on any atom is -0.492 e. The van der Waals surface area contributed by atoms with Crippen molar-refractivity contribution in [3.63, 3.8) is 0 Å². The summed E-state index contributed by atoms with van der Waals surface area (Å²) in [4.78, 5) is 30.6. The molecule has 10 heteroatoms. The Hall–Kier alpha value is -3.89. The Morgan fingerprint density at radius 2 is 2.03 bits per heavy atom. The summed E-state index contributed by atoms with van der Waals surface area (Å²) < 4.78 is 14.8. The van der Waals surface area contributed by atoms with Crippen molar-refractivity contribution >= 4 is 17.2 Å². The maximum absolute atomic E-state index is 13.9. The Labute approximate surface area is 198 Å². The Morgan fingerprint density at radius 1 is 1.21 bits per heavy atom. The summed E-state index contributed by atoms with van der Waals surface area (Å²) in [6, 6.07) is 13.7. The predicted octanol–water partition coefficient (Wildman–Crippen LogP) is 3.41. The number of amides is 1. The minimum atomic E-state index is -0.511. The molecule has 3 N–H and O–H groups in total. The van der Waals surface area contributed by atoms with Gasteiger partial charge in [-0.25, -0.2) is 9.37 Å². The average molecular weight is 480 g/mol. The van der Waals surface area contributed by atoms with E-state index in [0.717, 1.165) is 25.6 Å². The Balaban J connectivity index is 1.55. The fourth-order valence-electron chi connectivity index (χ4n) is 3.45. The Kier molecular flexibility index (Phi) is 6.80. The molecule has 8 nitrogen and oxygen atoms in total. The number of nitrogens with zero attached hydrogens (tertiary/aromatic N) is 3. The third kappa shape index (κ3) is 4.87. The van der Waals surface area contributed by atoms with E-state index in [9.17, 15) is 19.1 Å². The van der Waals surface area contributed by atoms with Crippen molar-refractivity contribution in [1.82, 2.24) is 25.4 Å². The highest BCUT2D eigenvalue weighted by Gasteiger charge is 2.18. The van der Waals surface area contributed by atoms with E-state index in [2.05, 4.69) is 20.7 Å². The molecule has 0 aliphatic rings. The van der Waals surface area contributed by atoms with Gasteiger partial charge in [-0.05, 0) is 67.6 Å². The third-order valence-electron chi connectivity index (χ3n) is 5.13. The molecule has 4 aromatic rings. The molecular formula is C24H22FN5O3S. The lowest BCUT2D eigenvalue weighted by Gasteiger charge is -2.13. The molecular weight excluding hydrogens is 457 g/mol. The van der Waals surface area contributed by atoms with E-state index in [1.165, 1.54) is 47.9 Å². The summed E-state index contributed by atoms with van der Waals surface area (Å²) in [5.41, 5.74) is 1.34. The monoisotopic (exact) mass is 479 g/mol. The standard InChI is InChI=1S/C24H22FN5O3S/c1-14(20-8-9-21(34-20)17-12-16(25)6-5-15(17)13-26-2)28-23(32)18-7-10-22(31)30(29-18)19-4-3-11-27-24(19)33/h3-12,14,26H,13H2,1-2H3,(H,27,33)(H,28,32)/t14-/m1/s1. The lowest BCUT2D eigenvalue weighted by atomic mass is 10.1. The molecule has 174 valence electrons. The van der Waals surface area contributed by atoms with Gasteiger partial charge in [0.15, 0.2) is 0 Å². The first-order valence-electron chi connectivity index (χ1n) is 10.5. The molecule has 0 fully saturated rings. The number of aromatic nitrogens is 3. The normalized spacial score (nSPS) is 11.9. The SMILES string of the molecule is CNCc1ccc(F)cc1-c1ccc([C@@H](C)NC(=O)c2ccc(=O)n(-c3cccnc3O)n2)s1. The van der Waals surface area contributed by atoms with Crippen LogP contribution in [0.3, 0.4) is 0 Å². The van der Waals surface area contributed by atoms with Crippen molar-refractivity contribution < 1.29 is 14.3 Å². The van der Waals surface area contributed by atoms with Crippen molar-refractivity contribution in [2.75, 3.05) is 7.05 Å². The van der Waals surface area contributed by atoms with Crippen LogP contribution >= 0.6 is 11.3 Å². The van der Waals surface area contributed by atoms with Gasteiger partial charge in [0.05, 0.1) is 6.04 Å². The van der Waals surface area contributed by atoms with Crippen LogP contribution in [-0.4, -0.2) is 32.8 Å². The van der Waals surface area contributed by atoms with E-state index in [1.54, 1.807) is 12.1 Å². The van der Waals surface area contributed by atoms with Crippen molar-refractivity contribution in [2.24, 2.45) is 0 Å². The number of carbonyl (C=O) groups is 1. The zero-order chi connectivity index (χ0) is 24.2. The number of pyridine rings is 1. The lowest BCUT2D eigenvalue weighted by molar-refractivity contribution is 0.0933. The van der Waals surface area contributed by atoms with E-state index in [0.29, 0.717) is 6.54 Å². The molecule has 0 saturated carbocycles. The maximum atomic E-state index is 13.9. The number of halogens is 1. The van der Waals surface area contributed by atoms with Crippen LogP contribution in [0, 0.1) is 5.82 Å². The molecule has 1 aromatic carbocycles. The average Bonchev–Trinajstić information content (AvgIpc) is 3.31. The van der Waals surface area contributed by atoms with Gasteiger partial charge < -0.3 is 15.7 Å². The van der Waals surface area contributed by atoms with Crippen molar-refractivity contribution in [2.45, 2.75) is 19.5 Å². The summed E-state index contributed by atoms with van der Waals surface area (Å²) in [6.45, 7) is 2.43. The van der Waals surface area contributed by atoms with Crippen LogP contribution < -0.4 is 16.2 Å². The molecule has 0 unspecified atom stereocenters. The van der Waals surface area contributed by atoms with E-state index in [-0.39, 0.29) is 29.1 Å². The molecule has 1 atom stereocenters. The van der Waals surface area contributed by atoms with Crippen LogP contribution in [0.25, 0.3) is 16.1 Å². The van der Waals surface area contributed by atoms with Crippen molar-refractivity contribution in [1.29, 1.82) is 0 Å². The highest BCUT2D eigenvalue weighted by atomic mass is 32.1. The molecule has 4 rings (SSSR count). The number of hydrogen-bond acceptors (Lipinski definition) is 7. The zero-order valence-electron chi connectivity index (χ0n) is 18.4. The molecule has 0 spiro atoms. The first-order valence-corrected chi connectivity index (χ1v) is 11.3. The highest BCUT2D eigenvalue weighted by molar-refractivity contribution is 7.15. The van der Waals surface area contributed by atoms with E-state index in [4.69, 9.17) is 0 Å². The number of hydrogen-bond donors (Lipinski definition) is 3. The summed E-state index contributed by atoms with van der Waals surface area (Å²) in [6.07, 6.45) is 1.38. The fourth-order valence-corrected chi connectivity index (χ4v) is 4.52. The molecule has 0 aliphatic heterocycles. The minimum absolute atomic E-state index is 0.00733. The van der Waals surface area contributed by atoms with Gasteiger partial charge in [0.2, 0.25) is 5.88 Å². The van der Waals surface area contributed by atoms with Gasteiger partial charge in [-0.1, -0.05) is 6.07 Å². The van der Waals surface area contributed by atoms with E-state index >= 15 is 0 Å². The number of rotatable bonds is 7. The molecule has 3 heterocycles. The topological polar surface area (TPSA) is 109 Å². The Bertz CT molecular complexity index is 1400. The molecule has 3 aromatic heterocycles. The predicted molar refractivity (Wildman–Crippen MR) is 128 cm³/mol. The largest absolute Gasteiger partial charge is 0.492 e. The van der Waals surface area contributed by atoms with Crippen molar-refractivity contribution in [3.8, 4) is 22.0 Å². The number of nitrogens with one attached hydrogen (secondary N) is 2. The number of benzene rings is 1. The number of carbonyl (C=O) groups excluding carboxylic acids is 1. The second-order valence-electron chi connectivity index (χ2n) is 7.54. The quantitative estimate of drug-likeness (QED) is 0.375. The first-order chi connectivity index (χ1) is 16.4. The van der Waals surface area contributed by atoms with Crippen LogP contribution in [0.5, 0.6) is 5.88 Å². The van der Waals surface area contributed by atoms with Gasteiger partial charge in [-0.15, -0.1) is 11.3 Å². The van der Waals surface area contributed by atoms with E-state index in [1.807, 2.05) is 26.1 Å². The molecule has 1 amide bonds. The van der Waals surface area contributed by atoms with Gasteiger partial charge in [0.1, 0.15) is 17.2 Å². The maximum Gasteiger partial charge on any atom is 0.272 e. The summed E-state index contributed by atoms with van der Waals surface area (Å²) in [5.74, 6) is -1.17. The zero-order valence-corrected chi connectivity index (χ0v) is 19.3. The van der Waals surface area contributed by atoms with E-state index < -0.39 is 11.5 Å². The smallest absolute Gasteiger partial charge is 0.272 e. The summed E-state index contributed by atoms with van der Waals surface area (Å²) in [5, 5.41) is 20.0. The molecule has 0 aliphatic carbocycles. The second-order valence-corrected chi connectivity index (χ2v) is 8.66. The van der Waals surface area contributed by atoms with Crippen molar-refractivity contribution in [3.05, 3.63) is 93.1 Å².